The number of hydrogen-bond donors (Lipinski definition) is 0. The normalized spacial score (nSPS) is 11.4. The van der Waals surface area contributed by atoms with Gasteiger partial charge in [-0.25, -0.2) is 8.42 Å². The minimum absolute atomic E-state index is 0.0757. The highest BCUT2D eigenvalue weighted by atomic mass is 32.2. The van der Waals surface area contributed by atoms with E-state index in [0.29, 0.717) is 27.9 Å². The highest BCUT2D eigenvalue weighted by Gasteiger charge is 2.29. The summed E-state index contributed by atoms with van der Waals surface area (Å²) in [5.74, 6) is 1.51. The first-order valence-corrected chi connectivity index (χ1v) is 11.9. The minimum Gasteiger partial charge on any atom is -0.497 e. The van der Waals surface area contributed by atoms with Crippen LogP contribution in [0.15, 0.2) is 63.3 Å². The molecule has 0 N–H and O–H groups in total. The van der Waals surface area contributed by atoms with Crippen LogP contribution in [0.2, 0.25) is 0 Å². The van der Waals surface area contributed by atoms with E-state index >= 15 is 0 Å². The van der Waals surface area contributed by atoms with Crippen molar-refractivity contribution in [3.63, 3.8) is 0 Å². The third-order valence-electron chi connectivity index (χ3n) is 4.97. The van der Waals surface area contributed by atoms with Gasteiger partial charge in [-0.3, -0.25) is 4.31 Å². The molecule has 2 heterocycles. The maximum atomic E-state index is 13.5. The van der Waals surface area contributed by atoms with Gasteiger partial charge in [-0.2, -0.15) is 4.98 Å². The van der Waals surface area contributed by atoms with E-state index in [1.165, 1.54) is 43.0 Å². The zero-order valence-corrected chi connectivity index (χ0v) is 19.5. The molecule has 0 saturated carbocycles. The lowest BCUT2D eigenvalue weighted by atomic mass is 10.1. The molecular formula is C22H21N3O5S2. The van der Waals surface area contributed by atoms with Gasteiger partial charge < -0.3 is 14.0 Å². The molecule has 0 amide bonds. The molecule has 0 bridgehead atoms. The quantitative estimate of drug-likeness (QED) is 0.388. The first-order valence-electron chi connectivity index (χ1n) is 9.54. The van der Waals surface area contributed by atoms with Gasteiger partial charge in [0.1, 0.15) is 21.3 Å². The summed E-state index contributed by atoms with van der Waals surface area (Å²) in [7, 11) is 0.545. The van der Waals surface area contributed by atoms with E-state index in [0.717, 1.165) is 11.1 Å². The van der Waals surface area contributed by atoms with Crippen LogP contribution in [0.3, 0.4) is 0 Å². The summed E-state index contributed by atoms with van der Waals surface area (Å²) >= 11 is 1.22. The van der Waals surface area contributed by atoms with Crippen molar-refractivity contribution >= 4 is 27.0 Å². The molecule has 0 aliphatic carbocycles. The van der Waals surface area contributed by atoms with Gasteiger partial charge in [0.05, 0.1) is 19.9 Å². The zero-order valence-electron chi connectivity index (χ0n) is 17.9. The Morgan fingerprint density at radius 1 is 1.03 bits per heavy atom. The fourth-order valence-corrected chi connectivity index (χ4v) is 5.66. The number of ether oxygens (including phenoxy) is 2. The van der Waals surface area contributed by atoms with Crippen LogP contribution in [-0.4, -0.2) is 39.8 Å². The smallest absolute Gasteiger partial charge is 0.269 e. The van der Waals surface area contributed by atoms with E-state index in [9.17, 15) is 8.42 Å². The summed E-state index contributed by atoms with van der Waals surface area (Å²) in [6.07, 6.45) is 0. The van der Waals surface area contributed by atoms with Crippen LogP contribution in [0.1, 0.15) is 5.56 Å². The second-order valence-corrected chi connectivity index (χ2v) is 9.75. The summed E-state index contributed by atoms with van der Waals surface area (Å²) in [6, 6.07) is 14.1. The van der Waals surface area contributed by atoms with Crippen molar-refractivity contribution in [3.05, 3.63) is 59.5 Å². The molecule has 32 heavy (non-hydrogen) atoms. The van der Waals surface area contributed by atoms with E-state index < -0.39 is 10.0 Å². The van der Waals surface area contributed by atoms with Crippen LogP contribution in [-0.2, 0) is 10.0 Å². The Morgan fingerprint density at radius 2 is 1.72 bits per heavy atom. The number of aryl methyl sites for hydroxylation is 1. The van der Waals surface area contributed by atoms with E-state index in [1.54, 1.807) is 23.6 Å². The number of sulfonamides is 1. The van der Waals surface area contributed by atoms with E-state index in [-0.39, 0.29) is 10.8 Å². The number of rotatable bonds is 7. The van der Waals surface area contributed by atoms with E-state index in [2.05, 4.69) is 10.1 Å². The molecule has 0 atom stereocenters. The Balaban J connectivity index is 1.73. The minimum atomic E-state index is -3.94. The van der Waals surface area contributed by atoms with Crippen molar-refractivity contribution in [2.45, 2.75) is 11.8 Å². The first-order chi connectivity index (χ1) is 15.3. The maximum absolute atomic E-state index is 13.5. The topological polar surface area (TPSA) is 94.8 Å². The Hall–Kier alpha value is -3.37. The number of methoxy groups -OCH3 is 2. The maximum Gasteiger partial charge on any atom is 0.269 e. The Kier molecular flexibility index (Phi) is 5.90. The highest BCUT2D eigenvalue weighted by Crippen LogP contribution is 2.37. The third-order valence-corrected chi connectivity index (χ3v) is 7.83. The fourth-order valence-electron chi connectivity index (χ4n) is 3.17. The predicted molar refractivity (Wildman–Crippen MR) is 123 cm³/mol. The van der Waals surface area contributed by atoms with Crippen molar-refractivity contribution in [2.24, 2.45) is 0 Å². The number of thiophene rings is 1. The molecule has 4 rings (SSSR count). The number of benzene rings is 2. The summed E-state index contributed by atoms with van der Waals surface area (Å²) < 4.78 is 44.1. The molecule has 4 aromatic rings. The zero-order chi connectivity index (χ0) is 22.9. The summed E-state index contributed by atoms with van der Waals surface area (Å²) in [4.78, 5) is 4.90. The SMILES string of the molecule is COc1cc(OC)cc(N(C)S(=O)(=O)c2ccsc2-c2nc(-c3ccccc3C)no2)c1. The number of nitrogens with zero attached hydrogens (tertiary/aromatic N) is 3. The first kappa shape index (κ1) is 21.8. The molecule has 166 valence electrons. The second kappa shape index (κ2) is 8.64. The molecular weight excluding hydrogens is 450 g/mol. The molecule has 8 nitrogen and oxygen atoms in total. The van der Waals surface area contributed by atoms with Crippen molar-refractivity contribution in [1.29, 1.82) is 0 Å². The number of aromatic nitrogens is 2. The number of hydrogen-bond acceptors (Lipinski definition) is 8. The predicted octanol–water partition coefficient (Wildman–Crippen LogP) is 4.62. The van der Waals surface area contributed by atoms with Gasteiger partial charge >= 0.3 is 0 Å². The lowest BCUT2D eigenvalue weighted by molar-refractivity contribution is 0.394. The van der Waals surface area contributed by atoms with Gasteiger partial charge in [0.15, 0.2) is 0 Å². The molecule has 0 unspecified atom stereocenters. The van der Waals surface area contributed by atoms with Gasteiger partial charge in [-0.1, -0.05) is 29.4 Å². The molecule has 0 saturated heterocycles. The van der Waals surface area contributed by atoms with E-state index in [1.807, 2.05) is 31.2 Å². The molecule has 0 fully saturated rings. The molecule has 0 radical (unpaired) electrons. The Labute approximate surface area is 190 Å². The van der Waals surface area contributed by atoms with Crippen LogP contribution < -0.4 is 13.8 Å². The van der Waals surface area contributed by atoms with Gasteiger partial charge in [0.2, 0.25) is 5.82 Å². The van der Waals surface area contributed by atoms with Crippen LogP contribution in [0.4, 0.5) is 5.69 Å². The van der Waals surface area contributed by atoms with Crippen LogP contribution in [0, 0.1) is 6.92 Å². The Morgan fingerprint density at radius 3 is 2.38 bits per heavy atom. The summed E-state index contributed by atoms with van der Waals surface area (Å²) in [5, 5.41) is 5.73. The van der Waals surface area contributed by atoms with Gasteiger partial charge in [-0.15, -0.1) is 11.3 Å². The molecule has 2 aromatic carbocycles. The average Bonchev–Trinajstić information content (AvgIpc) is 3.48. The lowest BCUT2D eigenvalue weighted by Crippen LogP contribution is -2.26. The van der Waals surface area contributed by atoms with Crippen LogP contribution in [0.25, 0.3) is 22.2 Å². The van der Waals surface area contributed by atoms with Crippen molar-refractivity contribution in [1.82, 2.24) is 10.1 Å². The van der Waals surface area contributed by atoms with Crippen molar-refractivity contribution in [2.75, 3.05) is 25.6 Å². The van der Waals surface area contributed by atoms with E-state index in [4.69, 9.17) is 14.0 Å². The van der Waals surface area contributed by atoms with Gasteiger partial charge in [0.25, 0.3) is 15.9 Å². The summed E-state index contributed by atoms with van der Waals surface area (Å²) in [6.45, 7) is 1.95. The largest absolute Gasteiger partial charge is 0.497 e. The third kappa shape index (κ3) is 3.94. The van der Waals surface area contributed by atoms with Crippen molar-refractivity contribution < 1.29 is 22.4 Å². The van der Waals surface area contributed by atoms with Gasteiger partial charge in [-0.05, 0) is 23.9 Å². The molecule has 0 aliphatic rings. The molecule has 2 aromatic heterocycles. The summed E-state index contributed by atoms with van der Waals surface area (Å²) in [5.41, 5.74) is 2.21. The second-order valence-electron chi connectivity index (χ2n) is 6.90. The fraction of sp³-hybridized carbons (Fsp3) is 0.182. The molecule has 0 aliphatic heterocycles. The monoisotopic (exact) mass is 471 g/mol. The average molecular weight is 472 g/mol. The lowest BCUT2D eigenvalue weighted by Gasteiger charge is -2.20. The van der Waals surface area contributed by atoms with Crippen LogP contribution in [0.5, 0.6) is 11.5 Å². The van der Waals surface area contributed by atoms with Crippen molar-refractivity contribution in [3.8, 4) is 33.7 Å². The highest BCUT2D eigenvalue weighted by molar-refractivity contribution is 7.93. The number of anilines is 1. The standard InChI is InChI=1S/C22H21N3O5S2/c1-14-7-5-6-8-18(14)21-23-22(30-24-21)20-19(9-10-31-20)32(26,27)25(2)15-11-16(28-3)13-17(12-15)29-4/h5-13H,1-4H3. The molecule has 10 heteroatoms. The Bertz CT molecular complexity index is 1340. The molecule has 0 spiro atoms. The van der Waals surface area contributed by atoms with Gasteiger partial charge in [0, 0.05) is 30.8 Å². The van der Waals surface area contributed by atoms with Crippen LogP contribution >= 0.6 is 11.3 Å².